The van der Waals surface area contributed by atoms with Crippen LogP contribution >= 0.6 is 12.4 Å². The molecule has 0 aliphatic carbocycles. The van der Waals surface area contributed by atoms with E-state index in [-0.39, 0.29) is 29.8 Å². The monoisotopic (exact) mass is 416 g/mol. The number of nitrogens with two attached hydrogens (primary N) is 1. The molecule has 2 aromatic rings. The highest BCUT2D eigenvalue weighted by Crippen LogP contribution is 2.30. The van der Waals surface area contributed by atoms with Gasteiger partial charge in [0.15, 0.2) is 5.69 Å². The van der Waals surface area contributed by atoms with Gasteiger partial charge in [-0.1, -0.05) is 6.07 Å². The van der Waals surface area contributed by atoms with Crippen molar-refractivity contribution in [3.05, 3.63) is 57.5 Å². The number of nitrogens with zero attached hydrogens (tertiary/aromatic N) is 3. The molecule has 1 aliphatic heterocycles. The van der Waals surface area contributed by atoms with Gasteiger partial charge in [-0.05, 0) is 38.0 Å². The Morgan fingerprint density at radius 3 is 2.64 bits per heavy atom. The van der Waals surface area contributed by atoms with Crippen molar-refractivity contribution < 1.29 is 18.0 Å². The average Bonchev–Trinajstić information content (AvgIpc) is 2.61. The molecule has 1 amide bonds. The van der Waals surface area contributed by atoms with Crippen LogP contribution in [0, 0.1) is 6.92 Å². The summed E-state index contributed by atoms with van der Waals surface area (Å²) in [5, 5.41) is 4.07. The second-order valence-corrected chi connectivity index (χ2v) is 6.61. The third-order valence-corrected chi connectivity index (χ3v) is 4.47. The summed E-state index contributed by atoms with van der Waals surface area (Å²) in [5.41, 5.74) is 4.59. The van der Waals surface area contributed by atoms with Gasteiger partial charge in [-0.3, -0.25) is 9.59 Å². The van der Waals surface area contributed by atoms with Crippen molar-refractivity contribution in [3.8, 4) is 5.69 Å². The molecule has 1 aliphatic rings. The molecule has 1 fully saturated rings. The number of carbonyl (C=O) groups excluding carboxylic acids is 1. The molecule has 1 aromatic carbocycles. The fourth-order valence-electron chi connectivity index (χ4n) is 3.12. The van der Waals surface area contributed by atoms with Crippen LogP contribution in [0.1, 0.15) is 34.6 Å². The van der Waals surface area contributed by atoms with Crippen LogP contribution in [-0.2, 0) is 6.18 Å². The molecule has 0 radical (unpaired) electrons. The van der Waals surface area contributed by atoms with Crippen LogP contribution in [0.3, 0.4) is 0 Å². The van der Waals surface area contributed by atoms with E-state index in [0.717, 1.165) is 25.0 Å². The Morgan fingerprint density at radius 1 is 1.29 bits per heavy atom. The van der Waals surface area contributed by atoms with Crippen molar-refractivity contribution in [2.45, 2.75) is 32.0 Å². The normalized spacial score (nSPS) is 17.2. The zero-order valence-electron chi connectivity index (χ0n) is 15.1. The fourth-order valence-corrected chi connectivity index (χ4v) is 3.12. The molecule has 6 nitrogen and oxygen atoms in total. The van der Waals surface area contributed by atoms with Crippen molar-refractivity contribution in [3.63, 3.8) is 0 Å². The molecule has 28 heavy (non-hydrogen) atoms. The molecule has 1 unspecified atom stereocenters. The molecule has 0 bridgehead atoms. The van der Waals surface area contributed by atoms with Crippen LogP contribution < -0.4 is 11.2 Å². The zero-order valence-corrected chi connectivity index (χ0v) is 15.9. The Labute approximate surface area is 165 Å². The number of halogens is 4. The van der Waals surface area contributed by atoms with Gasteiger partial charge in [0, 0.05) is 30.9 Å². The van der Waals surface area contributed by atoms with Crippen molar-refractivity contribution >= 4 is 18.3 Å². The number of hydrogen-bond donors (Lipinski definition) is 1. The van der Waals surface area contributed by atoms with Gasteiger partial charge < -0.3 is 10.6 Å². The largest absolute Gasteiger partial charge is 0.416 e. The molecule has 1 saturated heterocycles. The zero-order chi connectivity index (χ0) is 19.8. The van der Waals surface area contributed by atoms with Gasteiger partial charge >= 0.3 is 6.18 Å². The number of aromatic nitrogens is 2. The first-order chi connectivity index (χ1) is 12.7. The Balaban J connectivity index is 0.00000280. The highest BCUT2D eigenvalue weighted by atomic mass is 35.5. The first-order valence-electron chi connectivity index (χ1n) is 8.50. The van der Waals surface area contributed by atoms with E-state index in [1.807, 2.05) is 0 Å². The topological polar surface area (TPSA) is 81.2 Å². The number of carbonyl (C=O) groups is 1. The van der Waals surface area contributed by atoms with Crippen LogP contribution in [0.4, 0.5) is 13.2 Å². The molecule has 0 saturated carbocycles. The highest BCUT2D eigenvalue weighted by Gasteiger charge is 2.31. The maximum Gasteiger partial charge on any atom is 0.416 e. The lowest BCUT2D eigenvalue weighted by Crippen LogP contribution is -2.47. The smallest absolute Gasteiger partial charge is 0.336 e. The predicted octanol–water partition coefficient (Wildman–Crippen LogP) is 2.54. The molecular weight excluding hydrogens is 397 g/mol. The molecule has 2 heterocycles. The molecule has 3 rings (SSSR count). The molecule has 1 aromatic heterocycles. The maximum absolute atomic E-state index is 13.0. The van der Waals surface area contributed by atoms with Gasteiger partial charge in [0.1, 0.15) is 0 Å². The van der Waals surface area contributed by atoms with Gasteiger partial charge in [-0.25, -0.2) is 4.68 Å². The minimum Gasteiger partial charge on any atom is -0.336 e. The van der Waals surface area contributed by atoms with E-state index in [2.05, 4.69) is 5.10 Å². The summed E-state index contributed by atoms with van der Waals surface area (Å²) in [6.07, 6.45) is -2.99. The lowest BCUT2D eigenvalue weighted by atomic mass is 10.1. The highest BCUT2D eigenvalue weighted by molar-refractivity contribution is 5.92. The third kappa shape index (κ3) is 4.53. The van der Waals surface area contributed by atoms with Gasteiger partial charge in [-0.2, -0.15) is 18.3 Å². The van der Waals surface area contributed by atoms with E-state index in [4.69, 9.17) is 5.73 Å². The van der Waals surface area contributed by atoms with Gasteiger partial charge in [0.2, 0.25) is 5.43 Å². The number of piperidine rings is 1. The number of likely N-dealkylation sites (tertiary alicyclic amines) is 1. The van der Waals surface area contributed by atoms with Crippen molar-refractivity contribution in [1.82, 2.24) is 14.7 Å². The Kier molecular flexibility index (Phi) is 6.51. The fraction of sp³-hybridized carbons (Fsp3) is 0.389. The first kappa shape index (κ1) is 21.9. The first-order valence-corrected chi connectivity index (χ1v) is 8.50. The molecule has 1 atom stereocenters. The molecule has 10 heteroatoms. The van der Waals surface area contributed by atoms with E-state index < -0.39 is 23.1 Å². The van der Waals surface area contributed by atoms with Crippen LogP contribution in [0.15, 0.2) is 35.1 Å². The molecule has 152 valence electrons. The Bertz CT molecular complexity index is 930. The number of amides is 1. The standard InChI is InChI=1S/C18H19F3N4O2.ClH/c1-11-8-15(26)16(17(27)24-7-3-5-13(22)10-24)23-25(11)14-6-2-4-12(9-14)18(19,20)21;/h2,4,6,8-9,13H,3,5,7,10,22H2,1H3;1H. The summed E-state index contributed by atoms with van der Waals surface area (Å²) < 4.78 is 40.1. The van der Waals surface area contributed by atoms with Crippen LogP contribution in [-0.4, -0.2) is 39.7 Å². The van der Waals surface area contributed by atoms with Gasteiger partial charge in [0.25, 0.3) is 5.91 Å². The molecule has 0 spiro atoms. The SMILES string of the molecule is Cc1cc(=O)c(C(=O)N2CCCC(N)C2)nn1-c1cccc(C(F)(F)F)c1.Cl. The lowest BCUT2D eigenvalue weighted by molar-refractivity contribution is -0.137. The van der Waals surface area contributed by atoms with Gasteiger partial charge in [-0.15, -0.1) is 12.4 Å². The van der Waals surface area contributed by atoms with E-state index >= 15 is 0 Å². The summed E-state index contributed by atoms with van der Waals surface area (Å²) in [7, 11) is 0. The third-order valence-electron chi connectivity index (χ3n) is 4.47. The van der Waals surface area contributed by atoms with E-state index in [9.17, 15) is 22.8 Å². The Morgan fingerprint density at radius 2 is 2.00 bits per heavy atom. The summed E-state index contributed by atoms with van der Waals surface area (Å²) in [6, 6.07) is 5.59. The minimum atomic E-state index is -4.51. The number of rotatable bonds is 2. The summed E-state index contributed by atoms with van der Waals surface area (Å²) in [5.74, 6) is -0.559. The minimum absolute atomic E-state index is 0. The van der Waals surface area contributed by atoms with Crippen LogP contribution in [0.5, 0.6) is 0 Å². The van der Waals surface area contributed by atoms with Crippen LogP contribution in [0.2, 0.25) is 0 Å². The lowest BCUT2D eigenvalue weighted by Gasteiger charge is -2.30. The Hall–Kier alpha value is -2.39. The second kappa shape index (κ2) is 8.32. The van der Waals surface area contributed by atoms with E-state index in [1.165, 1.54) is 27.8 Å². The van der Waals surface area contributed by atoms with Crippen molar-refractivity contribution in [2.24, 2.45) is 5.73 Å². The maximum atomic E-state index is 13.0. The predicted molar refractivity (Wildman–Crippen MR) is 99.9 cm³/mol. The number of hydrogen-bond acceptors (Lipinski definition) is 4. The number of aryl methyl sites for hydroxylation is 1. The number of benzene rings is 1. The van der Waals surface area contributed by atoms with Crippen LogP contribution in [0.25, 0.3) is 5.69 Å². The quantitative estimate of drug-likeness (QED) is 0.815. The summed E-state index contributed by atoms with van der Waals surface area (Å²) in [6.45, 7) is 2.32. The molecule has 2 N–H and O–H groups in total. The van der Waals surface area contributed by atoms with E-state index in [1.54, 1.807) is 6.92 Å². The second-order valence-electron chi connectivity index (χ2n) is 6.61. The van der Waals surface area contributed by atoms with Crippen molar-refractivity contribution in [2.75, 3.05) is 13.1 Å². The average molecular weight is 417 g/mol. The number of alkyl halides is 3. The molecular formula is C18H20ClF3N4O2. The van der Waals surface area contributed by atoms with E-state index in [0.29, 0.717) is 18.8 Å². The summed E-state index contributed by atoms with van der Waals surface area (Å²) in [4.78, 5) is 26.4. The van der Waals surface area contributed by atoms with Crippen molar-refractivity contribution in [1.29, 1.82) is 0 Å². The summed E-state index contributed by atoms with van der Waals surface area (Å²) >= 11 is 0. The van der Waals surface area contributed by atoms with Gasteiger partial charge in [0.05, 0.1) is 11.3 Å².